The fraction of sp³-hybridized carbons (Fsp3) is 0.966. The minimum absolute atomic E-state index is 0.0269. The van der Waals surface area contributed by atoms with Crippen LogP contribution < -0.4 is 0 Å². The standard InChI is InChI=1S/C29H60O2Si/c1-7-8-9-10-11-12-13-14-15-16-17-18-19-20-21-22-23-24-25-26-27-28(30)31-32(5,6)29(2,3)4/h7-27H2,1-6H3. The molecule has 0 fully saturated rings. The highest BCUT2D eigenvalue weighted by molar-refractivity contribution is 6.75. The van der Waals surface area contributed by atoms with Gasteiger partial charge in [-0.25, -0.2) is 0 Å². The van der Waals surface area contributed by atoms with Crippen molar-refractivity contribution in [3.8, 4) is 0 Å². The highest BCUT2D eigenvalue weighted by Gasteiger charge is 2.40. The van der Waals surface area contributed by atoms with Crippen molar-refractivity contribution in [1.82, 2.24) is 0 Å². The van der Waals surface area contributed by atoms with Crippen molar-refractivity contribution in [2.45, 2.75) is 181 Å². The van der Waals surface area contributed by atoms with Gasteiger partial charge in [-0.1, -0.05) is 150 Å². The largest absolute Gasteiger partial charge is 0.519 e. The normalized spacial score (nSPS) is 12.3. The molecular formula is C29H60O2Si. The molecule has 0 rings (SSSR count). The molecule has 3 heteroatoms. The first-order valence-corrected chi connectivity index (χ1v) is 17.3. The molecule has 0 aliphatic heterocycles. The quantitative estimate of drug-likeness (QED) is 0.117. The predicted octanol–water partition coefficient (Wildman–Crippen LogP) is 10.7. The summed E-state index contributed by atoms with van der Waals surface area (Å²) in [6, 6.07) is 0. The average molecular weight is 469 g/mol. The van der Waals surface area contributed by atoms with Crippen LogP contribution in [0, 0.1) is 0 Å². The van der Waals surface area contributed by atoms with Crippen LogP contribution in [0.3, 0.4) is 0 Å². The maximum absolute atomic E-state index is 12.1. The predicted molar refractivity (Wildman–Crippen MR) is 146 cm³/mol. The van der Waals surface area contributed by atoms with E-state index in [2.05, 4.69) is 40.8 Å². The SMILES string of the molecule is CCCCCCCCCCCCCCCCCCCCCCC(=O)O[Si](C)(C)C(C)(C)C. The monoisotopic (exact) mass is 468 g/mol. The summed E-state index contributed by atoms with van der Waals surface area (Å²) in [6.07, 6.45) is 28.3. The molecule has 0 atom stereocenters. The summed E-state index contributed by atoms with van der Waals surface area (Å²) in [5.74, 6) is 0.0269. The Bertz CT molecular complexity index is 425. The third-order valence-corrected chi connectivity index (χ3v) is 11.8. The van der Waals surface area contributed by atoms with Crippen molar-refractivity contribution in [1.29, 1.82) is 0 Å². The molecule has 0 spiro atoms. The van der Waals surface area contributed by atoms with Gasteiger partial charge in [0.05, 0.1) is 0 Å². The van der Waals surface area contributed by atoms with Crippen LogP contribution in [0.4, 0.5) is 0 Å². The van der Waals surface area contributed by atoms with E-state index in [-0.39, 0.29) is 11.0 Å². The lowest BCUT2D eigenvalue weighted by Gasteiger charge is -2.35. The van der Waals surface area contributed by atoms with Crippen molar-refractivity contribution in [3.05, 3.63) is 0 Å². The lowest BCUT2D eigenvalue weighted by atomic mass is 10.0. The Hall–Kier alpha value is -0.313. The molecule has 192 valence electrons. The van der Waals surface area contributed by atoms with Gasteiger partial charge in [0, 0.05) is 6.42 Å². The topological polar surface area (TPSA) is 26.3 Å². The van der Waals surface area contributed by atoms with E-state index in [1.165, 1.54) is 122 Å². The zero-order valence-corrected chi connectivity index (χ0v) is 24.2. The first-order valence-electron chi connectivity index (χ1n) is 14.4. The Balaban J connectivity index is 3.28. The summed E-state index contributed by atoms with van der Waals surface area (Å²) in [5, 5.41) is 0.107. The third-order valence-electron chi connectivity index (χ3n) is 7.41. The number of hydrogen-bond donors (Lipinski definition) is 0. The van der Waals surface area contributed by atoms with Crippen LogP contribution in [0.15, 0.2) is 0 Å². The molecule has 0 aliphatic carbocycles. The summed E-state index contributed by atoms with van der Waals surface area (Å²) in [4.78, 5) is 12.1. The molecule has 0 aromatic heterocycles. The smallest absolute Gasteiger partial charge is 0.292 e. The van der Waals surface area contributed by atoms with E-state index in [0.29, 0.717) is 6.42 Å². The van der Waals surface area contributed by atoms with Crippen LogP contribution in [-0.2, 0) is 9.22 Å². The highest BCUT2D eigenvalue weighted by atomic mass is 28.4. The van der Waals surface area contributed by atoms with Gasteiger partial charge in [0.25, 0.3) is 14.3 Å². The van der Waals surface area contributed by atoms with Gasteiger partial charge in [-0.2, -0.15) is 0 Å². The molecule has 0 aromatic carbocycles. The third kappa shape index (κ3) is 19.2. The Kier molecular flexibility index (Phi) is 19.9. The van der Waals surface area contributed by atoms with Crippen LogP contribution >= 0.6 is 0 Å². The molecular weight excluding hydrogens is 408 g/mol. The lowest BCUT2D eigenvalue weighted by molar-refractivity contribution is -0.135. The lowest BCUT2D eigenvalue weighted by Crippen LogP contribution is -2.42. The molecule has 2 nitrogen and oxygen atoms in total. The van der Waals surface area contributed by atoms with E-state index < -0.39 is 8.32 Å². The minimum Gasteiger partial charge on any atom is -0.519 e. The zero-order valence-electron chi connectivity index (χ0n) is 23.2. The second kappa shape index (κ2) is 20.1. The van der Waals surface area contributed by atoms with Gasteiger partial charge in [0.2, 0.25) is 0 Å². The molecule has 0 radical (unpaired) electrons. The van der Waals surface area contributed by atoms with E-state index in [0.717, 1.165) is 6.42 Å². The fourth-order valence-electron chi connectivity index (χ4n) is 4.01. The number of carbonyl (C=O) groups is 1. The van der Waals surface area contributed by atoms with Gasteiger partial charge in [-0.3, -0.25) is 4.79 Å². The second-order valence-electron chi connectivity index (χ2n) is 11.7. The summed E-state index contributed by atoms with van der Waals surface area (Å²) in [7, 11) is -1.93. The zero-order chi connectivity index (χ0) is 24.1. The highest BCUT2D eigenvalue weighted by Crippen LogP contribution is 2.36. The Morgan fingerprint density at radius 2 is 0.844 bits per heavy atom. The molecule has 0 aromatic rings. The van der Waals surface area contributed by atoms with E-state index in [1.54, 1.807) is 0 Å². The van der Waals surface area contributed by atoms with E-state index >= 15 is 0 Å². The molecule has 0 bridgehead atoms. The minimum atomic E-state index is -1.93. The molecule has 0 saturated heterocycles. The van der Waals surface area contributed by atoms with Crippen LogP contribution in [0.25, 0.3) is 0 Å². The van der Waals surface area contributed by atoms with Crippen molar-refractivity contribution in [2.75, 3.05) is 0 Å². The summed E-state index contributed by atoms with van der Waals surface area (Å²) < 4.78 is 5.84. The number of rotatable bonds is 22. The maximum atomic E-state index is 12.1. The average Bonchev–Trinajstić information content (AvgIpc) is 2.71. The van der Waals surface area contributed by atoms with Gasteiger partial charge < -0.3 is 4.43 Å². The van der Waals surface area contributed by atoms with Gasteiger partial charge in [-0.15, -0.1) is 0 Å². The Morgan fingerprint density at radius 3 is 1.12 bits per heavy atom. The van der Waals surface area contributed by atoms with Gasteiger partial charge >= 0.3 is 0 Å². The Labute approximate surface area is 204 Å². The van der Waals surface area contributed by atoms with E-state index in [9.17, 15) is 4.79 Å². The molecule has 32 heavy (non-hydrogen) atoms. The van der Waals surface area contributed by atoms with Crippen molar-refractivity contribution in [3.63, 3.8) is 0 Å². The second-order valence-corrected chi connectivity index (χ2v) is 16.4. The van der Waals surface area contributed by atoms with Crippen molar-refractivity contribution >= 4 is 14.3 Å². The van der Waals surface area contributed by atoms with Gasteiger partial charge in [0.1, 0.15) is 0 Å². The first kappa shape index (κ1) is 31.7. The van der Waals surface area contributed by atoms with E-state index in [1.807, 2.05) is 0 Å². The summed E-state index contributed by atoms with van der Waals surface area (Å²) in [6.45, 7) is 13.2. The molecule has 0 aliphatic rings. The molecule has 0 heterocycles. The first-order chi connectivity index (χ1) is 15.2. The maximum Gasteiger partial charge on any atom is 0.292 e. The molecule has 0 N–H and O–H groups in total. The number of hydrogen-bond acceptors (Lipinski definition) is 2. The molecule has 0 unspecified atom stereocenters. The van der Waals surface area contributed by atoms with E-state index in [4.69, 9.17) is 4.43 Å². The Morgan fingerprint density at radius 1 is 0.562 bits per heavy atom. The van der Waals surface area contributed by atoms with Crippen LogP contribution in [-0.4, -0.2) is 14.3 Å². The van der Waals surface area contributed by atoms with Crippen LogP contribution in [0.2, 0.25) is 18.1 Å². The van der Waals surface area contributed by atoms with Crippen LogP contribution in [0.5, 0.6) is 0 Å². The fourth-order valence-corrected chi connectivity index (χ4v) is 4.99. The molecule has 0 saturated carbocycles. The van der Waals surface area contributed by atoms with Crippen LogP contribution in [0.1, 0.15) is 163 Å². The summed E-state index contributed by atoms with van der Waals surface area (Å²) in [5.41, 5.74) is 0. The van der Waals surface area contributed by atoms with Gasteiger partial charge in [0.15, 0.2) is 0 Å². The molecule has 0 amide bonds. The van der Waals surface area contributed by atoms with Crippen molar-refractivity contribution in [2.24, 2.45) is 0 Å². The number of unbranched alkanes of at least 4 members (excludes halogenated alkanes) is 19. The summed E-state index contributed by atoms with van der Waals surface area (Å²) >= 11 is 0. The van der Waals surface area contributed by atoms with Gasteiger partial charge in [-0.05, 0) is 24.6 Å². The number of carbonyl (C=O) groups excluding carboxylic acids is 1. The van der Waals surface area contributed by atoms with Crippen molar-refractivity contribution < 1.29 is 9.22 Å².